The number of primary sulfonamides is 1. The number of hydrogen-bond donors (Lipinski definition) is 3. The van der Waals surface area contributed by atoms with Crippen molar-refractivity contribution in [2.24, 2.45) is 16.3 Å². The van der Waals surface area contributed by atoms with Crippen LogP contribution in [0.25, 0.3) is 0 Å². The van der Waals surface area contributed by atoms with E-state index in [0.29, 0.717) is 13.0 Å². The molecule has 0 saturated heterocycles. The molecule has 1 aromatic rings. The molecule has 5 nitrogen and oxygen atoms in total. The van der Waals surface area contributed by atoms with E-state index in [1.807, 2.05) is 20.8 Å². The maximum atomic E-state index is 14.0. The Labute approximate surface area is 119 Å². The van der Waals surface area contributed by atoms with Crippen molar-refractivity contribution < 1.29 is 12.8 Å². The van der Waals surface area contributed by atoms with Gasteiger partial charge in [0.05, 0.1) is 10.6 Å². The lowest BCUT2D eigenvalue weighted by Crippen LogP contribution is -2.36. The first-order chi connectivity index (χ1) is 9.05. The summed E-state index contributed by atoms with van der Waals surface area (Å²) < 4.78 is 36.3. The predicted octanol–water partition coefficient (Wildman–Crippen LogP) is 1.65. The summed E-state index contributed by atoms with van der Waals surface area (Å²) in [7, 11) is -3.90. The summed E-state index contributed by atoms with van der Waals surface area (Å²) in [6.45, 7) is 6.55. The molecule has 1 rings (SSSR count). The molecule has 1 atom stereocenters. The Balaban J connectivity index is 3.03. The number of sulfonamides is 1. The van der Waals surface area contributed by atoms with Gasteiger partial charge in [-0.15, -0.1) is 0 Å². The topological polar surface area (TPSA) is 98.2 Å². The highest BCUT2D eigenvalue weighted by Gasteiger charge is 2.24. The van der Waals surface area contributed by atoms with Crippen LogP contribution in [0.4, 0.5) is 10.1 Å². The summed E-state index contributed by atoms with van der Waals surface area (Å²) in [6.07, 6.45) is 0.680. The van der Waals surface area contributed by atoms with Gasteiger partial charge in [0.1, 0.15) is 5.82 Å². The Bertz CT molecular complexity index is 567. The van der Waals surface area contributed by atoms with Gasteiger partial charge in [-0.2, -0.15) is 0 Å². The smallest absolute Gasteiger partial charge is 0.238 e. The average molecular weight is 303 g/mol. The molecule has 114 valence electrons. The van der Waals surface area contributed by atoms with Crippen LogP contribution in [0.2, 0.25) is 0 Å². The molecule has 0 radical (unpaired) electrons. The van der Waals surface area contributed by atoms with Gasteiger partial charge in [0.2, 0.25) is 10.0 Å². The third-order valence-corrected chi connectivity index (χ3v) is 4.01. The number of anilines is 1. The fourth-order valence-electron chi connectivity index (χ4n) is 1.87. The van der Waals surface area contributed by atoms with E-state index in [1.54, 1.807) is 0 Å². The second-order valence-electron chi connectivity index (χ2n) is 5.83. The van der Waals surface area contributed by atoms with E-state index >= 15 is 0 Å². The molecule has 0 fully saturated rings. The van der Waals surface area contributed by atoms with Crippen molar-refractivity contribution >= 4 is 15.7 Å². The van der Waals surface area contributed by atoms with Crippen molar-refractivity contribution in [1.82, 2.24) is 0 Å². The summed E-state index contributed by atoms with van der Waals surface area (Å²) in [5.41, 5.74) is 5.70. The molecule has 0 bridgehead atoms. The Kier molecular flexibility index (Phi) is 5.12. The zero-order valence-corrected chi connectivity index (χ0v) is 12.8. The van der Waals surface area contributed by atoms with Gasteiger partial charge in [-0.3, -0.25) is 0 Å². The van der Waals surface area contributed by atoms with Gasteiger partial charge in [0.25, 0.3) is 0 Å². The molecule has 5 N–H and O–H groups in total. The minimum atomic E-state index is -3.90. The average Bonchev–Trinajstić information content (AvgIpc) is 2.28. The van der Waals surface area contributed by atoms with Crippen molar-refractivity contribution in [3.8, 4) is 0 Å². The molecule has 0 heterocycles. The number of rotatable bonds is 5. The summed E-state index contributed by atoms with van der Waals surface area (Å²) >= 11 is 0. The third kappa shape index (κ3) is 4.43. The molecule has 0 amide bonds. The Morgan fingerprint density at radius 2 is 1.95 bits per heavy atom. The number of halogens is 1. The van der Waals surface area contributed by atoms with Crippen LogP contribution < -0.4 is 16.2 Å². The summed E-state index contributed by atoms with van der Waals surface area (Å²) in [5, 5.41) is 8.04. The molecule has 0 aliphatic rings. The summed E-state index contributed by atoms with van der Waals surface area (Å²) in [6, 6.07) is 3.55. The van der Waals surface area contributed by atoms with E-state index in [1.165, 1.54) is 12.1 Å². The fraction of sp³-hybridized carbons (Fsp3) is 0.538. The second-order valence-corrected chi connectivity index (χ2v) is 7.39. The van der Waals surface area contributed by atoms with Crippen LogP contribution >= 0.6 is 0 Å². The molecule has 0 spiro atoms. The molecule has 0 aliphatic carbocycles. The van der Waals surface area contributed by atoms with E-state index in [4.69, 9.17) is 10.9 Å². The van der Waals surface area contributed by atoms with Crippen LogP contribution in [0.15, 0.2) is 23.1 Å². The van der Waals surface area contributed by atoms with Gasteiger partial charge < -0.3 is 11.1 Å². The minimum Gasteiger partial charge on any atom is -0.379 e. The molecule has 0 aromatic heterocycles. The fourth-order valence-corrected chi connectivity index (χ4v) is 2.39. The minimum absolute atomic E-state index is 0.0256. The monoisotopic (exact) mass is 303 g/mol. The molecule has 0 saturated carbocycles. The standard InChI is InChI=1S/C13H22FN3O2S/c1-13(2,3)12(6-7-15)17-11-5-4-9(8-10(11)14)20(16,18)19/h4-5,8,12,17H,6-7,15H2,1-3H3,(H2,16,18,19). The number of hydrogen-bond acceptors (Lipinski definition) is 4. The van der Waals surface area contributed by atoms with Crippen LogP contribution in [-0.2, 0) is 10.0 Å². The van der Waals surface area contributed by atoms with Crippen LogP contribution in [0.1, 0.15) is 27.2 Å². The third-order valence-electron chi connectivity index (χ3n) is 3.10. The highest BCUT2D eigenvalue weighted by molar-refractivity contribution is 7.89. The highest BCUT2D eigenvalue weighted by atomic mass is 32.2. The van der Waals surface area contributed by atoms with Crippen LogP contribution in [0.3, 0.4) is 0 Å². The van der Waals surface area contributed by atoms with Gasteiger partial charge in [-0.05, 0) is 36.6 Å². The van der Waals surface area contributed by atoms with Crippen molar-refractivity contribution in [2.75, 3.05) is 11.9 Å². The van der Waals surface area contributed by atoms with Gasteiger partial charge >= 0.3 is 0 Å². The first-order valence-electron chi connectivity index (χ1n) is 6.34. The zero-order valence-electron chi connectivity index (χ0n) is 12.0. The predicted molar refractivity (Wildman–Crippen MR) is 78.3 cm³/mol. The summed E-state index contributed by atoms with van der Waals surface area (Å²) in [4.78, 5) is -0.244. The largest absolute Gasteiger partial charge is 0.379 e. The first kappa shape index (κ1) is 16.9. The van der Waals surface area contributed by atoms with E-state index < -0.39 is 15.8 Å². The lowest BCUT2D eigenvalue weighted by atomic mass is 9.84. The number of nitrogens with one attached hydrogen (secondary N) is 1. The quantitative estimate of drug-likeness (QED) is 0.770. The van der Waals surface area contributed by atoms with Gasteiger partial charge in [0.15, 0.2) is 0 Å². The normalized spacial score (nSPS) is 14.1. The van der Waals surface area contributed by atoms with Crippen LogP contribution in [0, 0.1) is 11.2 Å². The van der Waals surface area contributed by atoms with Crippen molar-refractivity contribution in [3.63, 3.8) is 0 Å². The molecular formula is C13H22FN3O2S. The van der Waals surface area contributed by atoms with Gasteiger partial charge in [-0.25, -0.2) is 17.9 Å². The molecule has 0 aliphatic heterocycles. The van der Waals surface area contributed by atoms with E-state index in [9.17, 15) is 12.8 Å². The van der Waals surface area contributed by atoms with Crippen molar-refractivity contribution in [2.45, 2.75) is 38.1 Å². The first-order valence-corrected chi connectivity index (χ1v) is 7.89. The molecular weight excluding hydrogens is 281 g/mol. The molecule has 1 aromatic carbocycles. The lowest BCUT2D eigenvalue weighted by molar-refractivity contribution is 0.328. The van der Waals surface area contributed by atoms with Crippen molar-refractivity contribution in [3.05, 3.63) is 24.0 Å². The van der Waals surface area contributed by atoms with Crippen LogP contribution in [0.5, 0.6) is 0 Å². The van der Waals surface area contributed by atoms with Crippen LogP contribution in [-0.4, -0.2) is 21.0 Å². The molecule has 20 heavy (non-hydrogen) atoms. The molecule has 1 unspecified atom stereocenters. The Morgan fingerprint density at radius 3 is 2.35 bits per heavy atom. The van der Waals surface area contributed by atoms with Crippen molar-refractivity contribution in [1.29, 1.82) is 0 Å². The lowest BCUT2D eigenvalue weighted by Gasteiger charge is -2.32. The summed E-state index contributed by atoms with van der Waals surface area (Å²) in [5.74, 6) is -0.650. The highest BCUT2D eigenvalue weighted by Crippen LogP contribution is 2.27. The number of benzene rings is 1. The maximum Gasteiger partial charge on any atom is 0.238 e. The van der Waals surface area contributed by atoms with E-state index in [-0.39, 0.29) is 22.0 Å². The van der Waals surface area contributed by atoms with E-state index in [2.05, 4.69) is 5.32 Å². The Hall–Kier alpha value is -1.18. The van der Waals surface area contributed by atoms with Gasteiger partial charge in [0, 0.05) is 6.04 Å². The molecule has 7 heteroatoms. The second kappa shape index (κ2) is 6.07. The van der Waals surface area contributed by atoms with Gasteiger partial charge in [-0.1, -0.05) is 20.8 Å². The zero-order chi connectivity index (χ0) is 15.6. The number of nitrogens with two attached hydrogens (primary N) is 2. The SMILES string of the molecule is CC(C)(C)C(CCN)Nc1ccc(S(N)(=O)=O)cc1F. The Morgan fingerprint density at radius 1 is 1.35 bits per heavy atom. The maximum absolute atomic E-state index is 14.0. The van der Waals surface area contributed by atoms with E-state index in [0.717, 1.165) is 6.07 Å².